The van der Waals surface area contributed by atoms with Gasteiger partial charge in [-0.3, -0.25) is 4.79 Å². The molecule has 4 nitrogen and oxygen atoms in total. The van der Waals surface area contributed by atoms with E-state index in [0.717, 1.165) is 18.5 Å². The van der Waals surface area contributed by atoms with Crippen LogP contribution in [-0.2, 0) is 21.1 Å². The quantitative estimate of drug-likeness (QED) is 0.792. The molecule has 1 atom stereocenters. The molecule has 1 amide bonds. The molecule has 0 N–H and O–H groups in total. The summed E-state index contributed by atoms with van der Waals surface area (Å²) in [6.45, 7) is 2.75. The molecular weight excluding hydrogens is 274 g/mol. The molecule has 3 rings (SSSR count). The van der Waals surface area contributed by atoms with E-state index in [0.29, 0.717) is 13.0 Å². The number of aryl methyl sites for hydroxylation is 2. The summed E-state index contributed by atoms with van der Waals surface area (Å²) in [6, 6.07) is 6.13. The Morgan fingerprint density at radius 2 is 2.15 bits per heavy atom. The summed E-state index contributed by atoms with van der Waals surface area (Å²) in [6.07, 6.45) is 2.41. The van der Waals surface area contributed by atoms with Crippen molar-refractivity contribution in [2.45, 2.75) is 26.2 Å². The molecule has 1 aromatic rings. The average Bonchev–Trinajstić information content (AvgIpc) is 2.77. The van der Waals surface area contributed by atoms with Gasteiger partial charge in [0.2, 0.25) is 5.91 Å². The van der Waals surface area contributed by atoms with Gasteiger partial charge in [0.1, 0.15) is 0 Å². The first kappa shape index (κ1) is 13.6. The van der Waals surface area contributed by atoms with Gasteiger partial charge in [0.15, 0.2) is 9.84 Å². The predicted molar refractivity (Wildman–Crippen MR) is 78.6 cm³/mol. The number of rotatable bonds is 1. The zero-order valence-corrected chi connectivity index (χ0v) is 12.4. The van der Waals surface area contributed by atoms with E-state index in [1.54, 1.807) is 4.90 Å². The van der Waals surface area contributed by atoms with Crippen molar-refractivity contribution in [3.63, 3.8) is 0 Å². The third kappa shape index (κ3) is 2.46. The molecule has 1 fully saturated rings. The first-order valence-corrected chi connectivity index (χ1v) is 8.90. The van der Waals surface area contributed by atoms with Gasteiger partial charge in [-0.05, 0) is 37.8 Å². The normalized spacial score (nSPS) is 24.4. The maximum absolute atomic E-state index is 12.6. The van der Waals surface area contributed by atoms with Crippen molar-refractivity contribution in [3.05, 3.63) is 29.3 Å². The van der Waals surface area contributed by atoms with Gasteiger partial charge in [0, 0.05) is 12.2 Å². The molecule has 0 saturated carbocycles. The Morgan fingerprint density at radius 3 is 2.85 bits per heavy atom. The minimum atomic E-state index is -3.01. The van der Waals surface area contributed by atoms with Crippen LogP contribution in [0, 0.1) is 12.8 Å². The second-order valence-corrected chi connectivity index (χ2v) is 8.05. The van der Waals surface area contributed by atoms with Crippen molar-refractivity contribution in [1.82, 2.24) is 0 Å². The maximum Gasteiger partial charge on any atom is 0.231 e. The molecule has 0 radical (unpaired) electrons. The summed E-state index contributed by atoms with van der Waals surface area (Å²) in [5, 5.41) is 0. The number of nitrogens with zero attached hydrogens (tertiary/aromatic N) is 1. The van der Waals surface area contributed by atoms with E-state index in [4.69, 9.17) is 0 Å². The smallest absolute Gasteiger partial charge is 0.231 e. The fourth-order valence-corrected chi connectivity index (χ4v) is 4.90. The molecule has 2 aliphatic rings. The second kappa shape index (κ2) is 4.88. The highest BCUT2D eigenvalue weighted by molar-refractivity contribution is 7.91. The number of carbonyl (C=O) groups is 1. The van der Waals surface area contributed by atoms with Crippen molar-refractivity contribution < 1.29 is 13.2 Å². The third-order valence-corrected chi connectivity index (χ3v) is 5.97. The minimum Gasteiger partial charge on any atom is -0.312 e. The fourth-order valence-electron chi connectivity index (χ4n) is 3.16. The number of hydrogen-bond donors (Lipinski definition) is 0. The van der Waals surface area contributed by atoms with Gasteiger partial charge in [0.05, 0.1) is 17.4 Å². The van der Waals surface area contributed by atoms with Gasteiger partial charge in [0.25, 0.3) is 0 Å². The SMILES string of the molecule is Cc1ccc2c(c1)CCCN2C(=O)C1CCS(=O)(=O)C1. The Bertz CT molecular complexity index is 651. The van der Waals surface area contributed by atoms with Crippen molar-refractivity contribution in [2.24, 2.45) is 5.92 Å². The second-order valence-electron chi connectivity index (χ2n) is 5.83. The summed E-state index contributed by atoms with van der Waals surface area (Å²) in [5.74, 6) is -0.204. The summed E-state index contributed by atoms with van der Waals surface area (Å²) in [4.78, 5) is 14.4. The van der Waals surface area contributed by atoms with Gasteiger partial charge in [-0.1, -0.05) is 17.7 Å². The van der Waals surface area contributed by atoms with E-state index >= 15 is 0 Å². The summed E-state index contributed by atoms with van der Waals surface area (Å²) in [5.41, 5.74) is 3.36. The summed E-state index contributed by atoms with van der Waals surface area (Å²) >= 11 is 0. The lowest BCUT2D eigenvalue weighted by Crippen LogP contribution is -2.40. The van der Waals surface area contributed by atoms with Crippen LogP contribution in [0.1, 0.15) is 24.0 Å². The predicted octanol–water partition coefficient (Wildman–Crippen LogP) is 1.71. The first-order valence-electron chi connectivity index (χ1n) is 7.08. The molecule has 2 heterocycles. The van der Waals surface area contributed by atoms with Crippen molar-refractivity contribution in [2.75, 3.05) is 23.0 Å². The Hall–Kier alpha value is -1.36. The standard InChI is InChI=1S/C15H19NO3S/c1-11-4-5-14-12(9-11)3-2-7-16(14)15(17)13-6-8-20(18,19)10-13/h4-5,9,13H,2-3,6-8,10H2,1H3. The Morgan fingerprint density at radius 1 is 1.35 bits per heavy atom. The zero-order valence-electron chi connectivity index (χ0n) is 11.6. The lowest BCUT2D eigenvalue weighted by atomic mass is 9.97. The monoisotopic (exact) mass is 293 g/mol. The van der Waals surface area contributed by atoms with Crippen LogP contribution in [0.4, 0.5) is 5.69 Å². The molecule has 1 saturated heterocycles. The molecule has 2 aliphatic heterocycles. The van der Waals surface area contributed by atoms with Crippen LogP contribution in [-0.4, -0.2) is 32.4 Å². The van der Waals surface area contributed by atoms with Crippen LogP contribution in [0.5, 0.6) is 0 Å². The summed E-state index contributed by atoms with van der Waals surface area (Å²) in [7, 11) is -3.01. The Labute approximate surface area is 119 Å². The van der Waals surface area contributed by atoms with Crippen molar-refractivity contribution >= 4 is 21.4 Å². The highest BCUT2D eigenvalue weighted by Crippen LogP contribution is 2.31. The van der Waals surface area contributed by atoms with E-state index in [-0.39, 0.29) is 23.3 Å². The molecule has 20 heavy (non-hydrogen) atoms. The van der Waals surface area contributed by atoms with E-state index in [1.807, 2.05) is 19.1 Å². The number of anilines is 1. The van der Waals surface area contributed by atoms with Crippen LogP contribution < -0.4 is 4.90 Å². The highest BCUT2D eigenvalue weighted by atomic mass is 32.2. The average molecular weight is 293 g/mol. The molecule has 0 spiro atoms. The van der Waals surface area contributed by atoms with Gasteiger partial charge in [-0.2, -0.15) is 0 Å². The summed E-state index contributed by atoms with van der Waals surface area (Å²) < 4.78 is 23.1. The highest BCUT2D eigenvalue weighted by Gasteiger charge is 2.36. The van der Waals surface area contributed by atoms with Crippen molar-refractivity contribution in [1.29, 1.82) is 0 Å². The third-order valence-electron chi connectivity index (χ3n) is 4.20. The van der Waals surface area contributed by atoms with Crippen LogP contribution in [0.3, 0.4) is 0 Å². The van der Waals surface area contributed by atoms with E-state index in [2.05, 4.69) is 6.07 Å². The number of hydrogen-bond acceptors (Lipinski definition) is 3. The first-order chi connectivity index (χ1) is 9.46. The Balaban J connectivity index is 1.87. The number of carbonyl (C=O) groups excluding carboxylic acids is 1. The van der Waals surface area contributed by atoms with E-state index < -0.39 is 9.84 Å². The molecule has 1 aromatic carbocycles. The molecule has 0 bridgehead atoms. The van der Waals surface area contributed by atoms with Crippen molar-refractivity contribution in [3.8, 4) is 0 Å². The lowest BCUT2D eigenvalue weighted by molar-refractivity contribution is -0.121. The largest absolute Gasteiger partial charge is 0.312 e. The van der Waals surface area contributed by atoms with Gasteiger partial charge < -0.3 is 4.90 Å². The maximum atomic E-state index is 12.6. The molecule has 108 valence electrons. The molecule has 0 aromatic heterocycles. The van der Waals surface area contributed by atoms with Crippen LogP contribution in [0.15, 0.2) is 18.2 Å². The fraction of sp³-hybridized carbons (Fsp3) is 0.533. The molecular formula is C15H19NO3S. The van der Waals surface area contributed by atoms with E-state index in [9.17, 15) is 13.2 Å². The van der Waals surface area contributed by atoms with E-state index in [1.165, 1.54) is 11.1 Å². The number of sulfone groups is 1. The molecule has 1 unspecified atom stereocenters. The van der Waals surface area contributed by atoms with Crippen LogP contribution in [0.2, 0.25) is 0 Å². The number of benzene rings is 1. The van der Waals surface area contributed by atoms with Gasteiger partial charge >= 0.3 is 0 Å². The van der Waals surface area contributed by atoms with Gasteiger partial charge in [-0.25, -0.2) is 8.42 Å². The van der Waals surface area contributed by atoms with Gasteiger partial charge in [-0.15, -0.1) is 0 Å². The number of fused-ring (bicyclic) bond motifs is 1. The molecule has 0 aliphatic carbocycles. The Kier molecular flexibility index (Phi) is 3.32. The number of amides is 1. The van der Waals surface area contributed by atoms with Crippen LogP contribution in [0.25, 0.3) is 0 Å². The zero-order chi connectivity index (χ0) is 14.3. The topological polar surface area (TPSA) is 54.5 Å². The molecule has 5 heteroatoms. The lowest BCUT2D eigenvalue weighted by Gasteiger charge is -2.31. The minimum absolute atomic E-state index is 0.0174. The van der Waals surface area contributed by atoms with Crippen LogP contribution >= 0.6 is 0 Å².